The van der Waals surface area contributed by atoms with E-state index in [0.29, 0.717) is 0 Å². The summed E-state index contributed by atoms with van der Waals surface area (Å²) >= 11 is 0. The summed E-state index contributed by atoms with van der Waals surface area (Å²) < 4.78 is 13.7. The van der Waals surface area contributed by atoms with Crippen LogP contribution in [-0.2, 0) is 14.2 Å². The number of ether oxygens (including phenoxy) is 3. The van der Waals surface area contributed by atoms with E-state index in [1.165, 1.54) is 14.2 Å². The van der Waals surface area contributed by atoms with Gasteiger partial charge in [0, 0.05) is 14.2 Å². The molecule has 0 rings (SSSR count). The Labute approximate surface area is 65.5 Å². The van der Waals surface area contributed by atoms with Gasteiger partial charge in [-0.25, -0.2) is 0 Å². The summed E-state index contributed by atoms with van der Waals surface area (Å²) in [7, 11) is 2.85. The molecule has 0 saturated heterocycles. The van der Waals surface area contributed by atoms with Gasteiger partial charge in [-0.3, -0.25) is 0 Å². The second-order valence-corrected chi connectivity index (χ2v) is 1.96. The van der Waals surface area contributed by atoms with Crippen molar-refractivity contribution in [2.45, 2.75) is 12.6 Å². The van der Waals surface area contributed by atoms with Crippen molar-refractivity contribution < 1.29 is 24.4 Å². The van der Waals surface area contributed by atoms with Crippen molar-refractivity contribution in [1.82, 2.24) is 0 Å². The SMILES string of the molecule is COCC(O)OC(O)COC. The van der Waals surface area contributed by atoms with Gasteiger partial charge in [-0.15, -0.1) is 0 Å². The highest BCUT2D eigenvalue weighted by molar-refractivity contribution is 4.40. The van der Waals surface area contributed by atoms with Crippen LogP contribution in [0, 0.1) is 0 Å². The number of aliphatic hydroxyl groups excluding tert-OH is 2. The number of hydrogen-bond donors (Lipinski definition) is 2. The van der Waals surface area contributed by atoms with Crippen molar-refractivity contribution in [3.8, 4) is 0 Å². The Kier molecular flexibility index (Phi) is 6.39. The molecular formula is C6H14O5. The van der Waals surface area contributed by atoms with Crippen LogP contribution in [-0.4, -0.2) is 50.2 Å². The summed E-state index contributed by atoms with van der Waals surface area (Å²) in [6.07, 6.45) is -2.21. The van der Waals surface area contributed by atoms with Crippen LogP contribution >= 0.6 is 0 Å². The van der Waals surface area contributed by atoms with Gasteiger partial charge in [0.1, 0.15) is 0 Å². The molecule has 0 bridgehead atoms. The maximum atomic E-state index is 8.88. The minimum Gasteiger partial charge on any atom is -0.379 e. The molecule has 0 fully saturated rings. The van der Waals surface area contributed by atoms with Crippen LogP contribution in [0.15, 0.2) is 0 Å². The highest BCUT2D eigenvalue weighted by Crippen LogP contribution is 1.93. The van der Waals surface area contributed by atoms with Crippen LogP contribution in [0.3, 0.4) is 0 Å². The van der Waals surface area contributed by atoms with Crippen LogP contribution in [0.25, 0.3) is 0 Å². The lowest BCUT2D eigenvalue weighted by atomic mass is 10.6. The van der Waals surface area contributed by atoms with Crippen LogP contribution < -0.4 is 0 Å². The molecule has 0 aromatic heterocycles. The molecule has 2 unspecified atom stereocenters. The summed E-state index contributed by atoms with van der Waals surface area (Å²) in [6.45, 7) is 0.0571. The summed E-state index contributed by atoms with van der Waals surface area (Å²) in [5.41, 5.74) is 0. The molecule has 0 aliphatic heterocycles. The van der Waals surface area contributed by atoms with Gasteiger partial charge in [-0.1, -0.05) is 0 Å². The zero-order chi connectivity index (χ0) is 8.69. The number of hydrogen-bond acceptors (Lipinski definition) is 5. The summed E-state index contributed by atoms with van der Waals surface area (Å²) in [6, 6.07) is 0. The maximum Gasteiger partial charge on any atom is 0.181 e. The van der Waals surface area contributed by atoms with Gasteiger partial charge in [-0.05, 0) is 0 Å². The van der Waals surface area contributed by atoms with E-state index in [4.69, 9.17) is 10.2 Å². The average molecular weight is 166 g/mol. The Morgan fingerprint density at radius 1 is 1.00 bits per heavy atom. The van der Waals surface area contributed by atoms with Crippen molar-refractivity contribution in [1.29, 1.82) is 0 Å². The number of aliphatic hydroxyl groups is 2. The van der Waals surface area contributed by atoms with Crippen molar-refractivity contribution in [3.63, 3.8) is 0 Å². The summed E-state index contributed by atoms with van der Waals surface area (Å²) in [5, 5.41) is 17.8. The zero-order valence-electron chi connectivity index (χ0n) is 6.69. The molecule has 0 aromatic rings. The Morgan fingerprint density at radius 3 is 1.64 bits per heavy atom. The fourth-order valence-electron chi connectivity index (χ4n) is 0.545. The van der Waals surface area contributed by atoms with Gasteiger partial charge in [0.15, 0.2) is 12.6 Å². The summed E-state index contributed by atoms with van der Waals surface area (Å²) in [5.74, 6) is 0. The third-order valence-corrected chi connectivity index (χ3v) is 0.933. The molecule has 0 amide bonds. The van der Waals surface area contributed by atoms with E-state index in [9.17, 15) is 0 Å². The predicted molar refractivity (Wildman–Crippen MR) is 36.9 cm³/mol. The Hall–Kier alpha value is -0.200. The first kappa shape index (κ1) is 10.8. The lowest BCUT2D eigenvalue weighted by molar-refractivity contribution is -0.234. The molecule has 5 heteroatoms. The number of methoxy groups -OCH3 is 2. The highest BCUT2D eigenvalue weighted by atomic mass is 16.7. The molecule has 0 saturated carbocycles. The largest absolute Gasteiger partial charge is 0.379 e. The Bertz CT molecular complexity index is 77.0. The smallest absolute Gasteiger partial charge is 0.181 e. The van der Waals surface area contributed by atoms with Crippen LogP contribution in [0.1, 0.15) is 0 Å². The molecule has 0 aliphatic rings. The Morgan fingerprint density at radius 2 is 1.36 bits per heavy atom. The van der Waals surface area contributed by atoms with E-state index in [1.807, 2.05) is 0 Å². The molecule has 0 heterocycles. The molecule has 2 atom stereocenters. The van der Waals surface area contributed by atoms with Gasteiger partial charge < -0.3 is 24.4 Å². The third kappa shape index (κ3) is 6.21. The molecule has 11 heavy (non-hydrogen) atoms. The fraction of sp³-hybridized carbons (Fsp3) is 1.00. The fourth-order valence-corrected chi connectivity index (χ4v) is 0.545. The topological polar surface area (TPSA) is 68.2 Å². The molecule has 0 aliphatic carbocycles. The monoisotopic (exact) mass is 166 g/mol. The number of rotatable bonds is 6. The van der Waals surface area contributed by atoms with Crippen LogP contribution in [0.4, 0.5) is 0 Å². The van der Waals surface area contributed by atoms with Crippen LogP contribution in [0.5, 0.6) is 0 Å². The highest BCUT2D eigenvalue weighted by Gasteiger charge is 2.10. The summed E-state index contributed by atoms with van der Waals surface area (Å²) in [4.78, 5) is 0. The van der Waals surface area contributed by atoms with E-state index in [1.54, 1.807) is 0 Å². The molecule has 68 valence electrons. The van der Waals surface area contributed by atoms with Gasteiger partial charge in [0.2, 0.25) is 0 Å². The lowest BCUT2D eigenvalue weighted by Crippen LogP contribution is -2.28. The lowest BCUT2D eigenvalue weighted by Gasteiger charge is -2.15. The molecular weight excluding hydrogens is 152 g/mol. The first-order valence-corrected chi connectivity index (χ1v) is 3.20. The van der Waals surface area contributed by atoms with E-state index >= 15 is 0 Å². The van der Waals surface area contributed by atoms with E-state index in [2.05, 4.69) is 14.2 Å². The van der Waals surface area contributed by atoms with E-state index < -0.39 is 12.6 Å². The minimum absolute atomic E-state index is 0.0285. The second kappa shape index (κ2) is 6.51. The standard InChI is InChI=1S/C6H14O5/c1-9-3-5(7)11-6(8)4-10-2/h5-8H,3-4H2,1-2H3. The van der Waals surface area contributed by atoms with Gasteiger partial charge in [-0.2, -0.15) is 0 Å². The second-order valence-electron chi connectivity index (χ2n) is 1.96. The molecule has 2 N–H and O–H groups in total. The van der Waals surface area contributed by atoms with E-state index in [-0.39, 0.29) is 13.2 Å². The average Bonchev–Trinajstić information content (AvgIpc) is 1.87. The third-order valence-electron chi connectivity index (χ3n) is 0.933. The van der Waals surface area contributed by atoms with Gasteiger partial charge in [0.05, 0.1) is 13.2 Å². The van der Waals surface area contributed by atoms with Crippen molar-refractivity contribution in [2.24, 2.45) is 0 Å². The first-order valence-electron chi connectivity index (χ1n) is 3.20. The van der Waals surface area contributed by atoms with Crippen molar-refractivity contribution >= 4 is 0 Å². The molecule has 5 nitrogen and oxygen atoms in total. The van der Waals surface area contributed by atoms with Crippen molar-refractivity contribution in [2.75, 3.05) is 27.4 Å². The molecule has 0 aromatic carbocycles. The normalized spacial score (nSPS) is 16.4. The van der Waals surface area contributed by atoms with Gasteiger partial charge >= 0.3 is 0 Å². The first-order chi connectivity index (χ1) is 5.20. The van der Waals surface area contributed by atoms with Crippen molar-refractivity contribution in [3.05, 3.63) is 0 Å². The maximum absolute atomic E-state index is 8.88. The quantitative estimate of drug-likeness (QED) is 0.492. The predicted octanol–water partition coefficient (Wildman–Crippen LogP) is -1.07. The zero-order valence-corrected chi connectivity index (χ0v) is 6.69. The molecule has 0 spiro atoms. The Balaban J connectivity index is 3.32. The molecule has 0 radical (unpaired) electrons. The van der Waals surface area contributed by atoms with Gasteiger partial charge in [0.25, 0.3) is 0 Å². The minimum atomic E-state index is -1.11. The van der Waals surface area contributed by atoms with Crippen LogP contribution in [0.2, 0.25) is 0 Å². The van der Waals surface area contributed by atoms with E-state index in [0.717, 1.165) is 0 Å².